The predicted octanol–water partition coefficient (Wildman–Crippen LogP) is -0.658. The molecule has 0 saturated carbocycles. The Morgan fingerprint density at radius 3 is 2.30 bits per heavy atom. The fourth-order valence-electron chi connectivity index (χ4n) is 1.08. The molecule has 10 heavy (non-hydrogen) atoms. The lowest BCUT2D eigenvalue weighted by Crippen LogP contribution is -2.58. The minimum absolute atomic E-state index is 0.165. The van der Waals surface area contributed by atoms with Gasteiger partial charge in [-0.1, -0.05) is 0 Å². The lowest BCUT2D eigenvalue weighted by Gasteiger charge is -2.29. The van der Waals surface area contributed by atoms with Gasteiger partial charge in [0.15, 0.2) is 0 Å². The number of hydrogen-bond donors (Lipinski definition) is 2. The highest BCUT2D eigenvalue weighted by molar-refractivity contribution is 5.64. The lowest BCUT2D eigenvalue weighted by atomic mass is 10.3. The minimum atomic E-state index is -0.396. The average molecular weight is 145 g/mol. The van der Waals surface area contributed by atoms with Gasteiger partial charge in [-0.2, -0.15) is 0 Å². The Morgan fingerprint density at radius 1 is 1.50 bits per heavy atom. The maximum absolute atomic E-state index is 10.8. The maximum Gasteiger partial charge on any atom is 0.342 e. The Morgan fingerprint density at radius 2 is 2.00 bits per heavy atom. The molecule has 0 aromatic rings. The molecule has 1 rings (SSSR count). The fourth-order valence-corrected chi connectivity index (χ4v) is 1.08. The summed E-state index contributed by atoms with van der Waals surface area (Å²) in [5.41, 5.74) is 0. The van der Waals surface area contributed by atoms with E-state index in [-0.39, 0.29) is 5.91 Å². The van der Waals surface area contributed by atoms with Gasteiger partial charge in [-0.05, 0) is 0 Å². The summed E-state index contributed by atoms with van der Waals surface area (Å²) in [4.78, 5) is 10.8. The van der Waals surface area contributed by atoms with E-state index in [0.717, 1.165) is 13.1 Å². The SMILES string of the molecule is CC(=O)[N+]1(O)CCNCC1. The Bertz CT molecular complexity index is 141. The number of piperazine rings is 1. The summed E-state index contributed by atoms with van der Waals surface area (Å²) >= 11 is 0. The molecule has 1 amide bonds. The first-order valence-corrected chi connectivity index (χ1v) is 3.47. The van der Waals surface area contributed by atoms with E-state index in [1.807, 2.05) is 0 Å². The molecule has 1 heterocycles. The molecular formula is C6H13N2O2+. The number of carbonyl (C=O) groups excluding carboxylic acids is 1. The van der Waals surface area contributed by atoms with Crippen LogP contribution in [0, 0.1) is 0 Å². The van der Waals surface area contributed by atoms with E-state index in [1.165, 1.54) is 6.92 Å². The number of quaternary nitrogens is 1. The second-order valence-corrected chi connectivity index (χ2v) is 2.64. The third kappa shape index (κ3) is 1.34. The van der Waals surface area contributed by atoms with E-state index in [9.17, 15) is 10.0 Å². The molecule has 1 saturated heterocycles. The Kier molecular flexibility index (Phi) is 2.03. The van der Waals surface area contributed by atoms with Crippen molar-refractivity contribution in [3.05, 3.63) is 0 Å². The van der Waals surface area contributed by atoms with Crippen LogP contribution in [0.25, 0.3) is 0 Å². The largest absolute Gasteiger partial charge is 0.342 e. The number of hydrogen-bond acceptors (Lipinski definition) is 3. The molecule has 0 aliphatic carbocycles. The highest BCUT2D eigenvalue weighted by Crippen LogP contribution is 2.03. The van der Waals surface area contributed by atoms with Crippen LogP contribution >= 0.6 is 0 Å². The van der Waals surface area contributed by atoms with Gasteiger partial charge < -0.3 is 5.32 Å². The van der Waals surface area contributed by atoms with E-state index >= 15 is 0 Å². The van der Waals surface area contributed by atoms with Gasteiger partial charge in [0, 0.05) is 13.1 Å². The summed E-state index contributed by atoms with van der Waals surface area (Å²) in [5.74, 6) is -0.165. The number of nitrogens with one attached hydrogen (secondary N) is 1. The molecule has 0 aromatic heterocycles. The minimum Gasteiger partial charge on any atom is -0.306 e. The molecule has 0 bridgehead atoms. The molecule has 0 atom stereocenters. The number of carbonyl (C=O) groups is 1. The zero-order valence-corrected chi connectivity index (χ0v) is 6.13. The summed E-state index contributed by atoms with van der Waals surface area (Å²) in [6.45, 7) is 3.85. The topological polar surface area (TPSA) is 49.3 Å². The fraction of sp³-hybridized carbons (Fsp3) is 0.833. The quantitative estimate of drug-likeness (QED) is 0.351. The third-order valence-corrected chi connectivity index (χ3v) is 1.90. The van der Waals surface area contributed by atoms with Crippen LogP contribution in [-0.2, 0) is 4.79 Å². The second-order valence-electron chi connectivity index (χ2n) is 2.64. The van der Waals surface area contributed by atoms with Gasteiger partial charge in [0.25, 0.3) is 0 Å². The summed E-state index contributed by atoms with van der Waals surface area (Å²) < 4.78 is -0.396. The first kappa shape index (κ1) is 7.65. The smallest absolute Gasteiger partial charge is 0.306 e. The predicted molar refractivity (Wildman–Crippen MR) is 35.3 cm³/mol. The molecule has 1 fully saturated rings. The van der Waals surface area contributed by atoms with Crippen molar-refractivity contribution in [2.24, 2.45) is 0 Å². The van der Waals surface area contributed by atoms with E-state index in [4.69, 9.17) is 0 Å². The Balaban J connectivity index is 2.56. The van der Waals surface area contributed by atoms with Gasteiger partial charge in [0.05, 0.1) is 6.92 Å². The van der Waals surface area contributed by atoms with E-state index in [1.54, 1.807) is 0 Å². The first-order valence-electron chi connectivity index (χ1n) is 3.47. The number of hydroxylamine groups is 3. The van der Waals surface area contributed by atoms with Crippen LogP contribution in [0.4, 0.5) is 0 Å². The van der Waals surface area contributed by atoms with Gasteiger partial charge in [0.1, 0.15) is 13.1 Å². The number of amides is 1. The van der Waals surface area contributed by atoms with Crippen LogP contribution in [0.15, 0.2) is 0 Å². The molecule has 0 spiro atoms. The zero-order valence-electron chi connectivity index (χ0n) is 6.13. The third-order valence-electron chi connectivity index (χ3n) is 1.90. The Labute approximate surface area is 60.0 Å². The molecular weight excluding hydrogens is 132 g/mol. The van der Waals surface area contributed by atoms with Crippen LogP contribution in [0.1, 0.15) is 6.92 Å². The zero-order chi connectivity index (χ0) is 7.61. The van der Waals surface area contributed by atoms with Gasteiger partial charge in [-0.3, -0.25) is 0 Å². The van der Waals surface area contributed by atoms with Crippen molar-refractivity contribution in [2.45, 2.75) is 6.92 Å². The number of rotatable bonds is 0. The summed E-state index contributed by atoms with van der Waals surface area (Å²) in [6.07, 6.45) is 0. The highest BCUT2D eigenvalue weighted by atomic mass is 16.6. The standard InChI is InChI=1S/C6H13N2O2/c1-6(9)8(10)4-2-7-3-5-8/h7,10H,2-5H2,1H3/q+1. The molecule has 58 valence electrons. The molecule has 1 aliphatic heterocycles. The molecule has 0 unspecified atom stereocenters. The molecule has 0 aromatic carbocycles. The van der Waals surface area contributed by atoms with Crippen LogP contribution in [0.5, 0.6) is 0 Å². The van der Waals surface area contributed by atoms with Crippen molar-refractivity contribution in [3.8, 4) is 0 Å². The first-order chi connectivity index (χ1) is 4.65. The molecule has 2 N–H and O–H groups in total. The van der Waals surface area contributed by atoms with E-state index in [2.05, 4.69) is 5.32 Å². The summed E-state index contributed by atoms with van der Waals surface area (Å²) in [6, 6.07) is 0. The van der Waals surface area contributed by atoms with Gasteiger partial charge in [-0.15, -0.1) is 4.65 Å². The van der Waals surface area contributed by atoms with Gasteiger partial charge >= 0.3 is 5.91 Å². The van der Waals surface area contributed by atoms with Crippen LogP contribution in [0.3, 0.4) is 0 Å². The van der Waals surface area contributed by atoms with Crippen molar-refractivity contribution in [1.29, 1.82) is 0 Å². The van der Waals surface area contributed by atoms with Crippen molar-refractivity contribution in [2.75, 3.05) is 26.2 Å². The lowest BCUT2D eigenvalue weighted by molar-refractivity contribution is -1.04. The summed E-state index contributed by atoms with van der Waals surface area (Å²) in [5, 5.41) is 12.6. The maximum atomic E-state index is 10.8. The second kappa shape index (κ2) is 2.65. The van der Waals surface area contributed by atoms with E-state index in [0.29, 0.717) is 13.1 Å². The van der Waals surface area contributed by atoms with Crippen molar-refractivity contribution in [3.63, 3.8) is 0 Å². The van der Waals surface area contributed by atoms with Crippen molar-refractivity contribution in [1.82, 2.24) is 5.32 Å². The van der Waals surface area contributed by atoms with Crippen molar-refractivity contribution < 1.29 is 14.6 Å². The summed E-state index contributed by atoms with van der Waals surface area (Å²) in [7, 11) is 0. The molecule has 4 heteroatoms. The molecule has 4 nitrogen and oxygen atoms in total. The average Bonchev–Trinajstić information content (AvgIpc) is 1.89. The van der Waals surface area contributed by atoms with Crippen LogP contribution in [0.2, 0.25) is 0 Å². The normalized spacial score (nSPS) is 24.2. The molecule has 0 radical (unpaired) electrons. The van der Waals surface area contributed by atoms with Gasteiger partial charge in [-0.25, -0.2) is 10.0 Å². The molecule has 1 aliphatic rings. The van der Waals surface area contributed by atoms with Crippen LogP contribution in [-0.4, -0.2) is 41.9 Å². The van der Waals surface area contributed by atoms with Crippen LogP contribution < -0.4 is 5.32 Å². The monoisotopic (exact) mass is 145 g/mol. The Hall–Kier alpha value is -0.450. The van der Waals surface area contributed by atoms with E-state index < -0.39 is 4.65 Å². The van der Waals surface area contributed by atoms with Gasteiger partial charge in [0.2, 0.25) is 0 Å². The number of nitrogens with zero attached hydrogens (tertiary/aromatic N) is 1. The highest BCUT2D eigenvalue weighted by Gasteiger charge is 2.33. The van der Waals surface area contributed by atoms with Crippen molar-refractivity contribution >= 4 is 5.91 Å².